The second-order valence-corrected chi connectivity index (χ2v) is 6.94. The maximum Gasteiger partial charge on any atom is 0.126 e. The lowest BCUT2D eigenvalue weighted by Crippen LogP contribution is -2.08. The number of halogens is 1. The second kappa shape index (κ2) is 8.44. The molecule has 0 atom stereocenters. The Kier molecular flexibility index (Phi) is 6.04. The standard InChI is InChI=1S/C22H25ClO2/c1-24-20-14-16(12-13-17-8-6-7-11-19(17)23)15-21(25-2)22(20)18-9-4-3-5-10-18/h6-8,11-15,18H,3-5,9-10H2,1-2H3/b13-12+. The van der Waals surface area contributed by atoms with Gasteiger partial charge in [0.05, 0.1) is 14.2 Å². The zero-order valence-electron chi connectivity index (χ0n) is 14.9. The number of rotatable bonds is 5. The minimum atomic E-state index is 0.528. The van der Waals surface area contributed by atoms with Crippen LogP contribution in [-0.2, 0) is 0 Å². The topological polar surface area (TPSA) is 18.5 Å². The maximum atomic E-state index is 6.23. The molecule has 0 heterocycles. The van der Waals surface area contributed by atoms with E-state index in [9.17, 15) is 0 Å². The van der Waals surface area contributed by atoms with Crippen molar-refractivity contribution in [1.82, 2.24) is 0 Å². The molecule has 3 heteroatoms. The number of hydrogen-bond acceptors (Lipinski definition) is 2. The van der Waals surface area contributed by atoms with Gasteiger partial charge < -0.3 is 9.47 Å². The zero-order chi connectivity index (χ0) is 17.6. The number of methoxy groups -OCH3 is 2. The average Bonchev–Trinajstić information content (AvgIpc) is 2.67. The minimum absolute atomic E-state index is 0.528. The highest BCUT2D eigenvalue weighted by Crippen LogP contribution is 2.43. The maximum absolute atomic E-state index is 6.23. The fourth-order valence-electron chi connectivity index (χ4n) is 3.65. The normalized spacial score (nSPS) is 15.5. The van der Waals surface area contributed by atoms with Crippen LogP contribution < -0.4 is 9.47 Å². The van der Waals surface area contributed by atoms with E-state index in [1.54, 1.807) is 14.2 Å². The molecule has 0 N–H and O–H groups in total. The summed E-state index contributed by atoms with van der Waals surface area (Å²) >= 11 is 6.23. The Morgan fingerprint density at radius 2 is 1.56 bits per heavy atom. The van der Waals surface area contributed by atoms with Crippen LogP contribution in [0, 0.1) is 0 Å². The van der Waals surface area contributed by atoms with Crippen molar-refractivity contribution in [2.75, 3.05) is 14.2 Å². The van der Waals surface area contributed by atoms with Crippen molar-refractivity contribution in [2.24, 2.45) is 0 Å². The fourth-order valence-corrected chi connectivity index (χ4v) is 3.84. The largest absolute Gasteiger partial charge is 0.496 e. The first-order valence-electron chi connectivity index (χ1n) is 8.91. The minimum Gasteiger partial charge on any atom is -0.496 e. The van der Waals surface area contributed by atoms with Crippen LogP contribution in [0.5, 0.6) is 11.5 Å². The van der Waals surface area contributed by atoms with Crippen LogP contribution in [0.25, 0.3) is 12.2 Å². The molecule has 0 saturated heterocycles. The molecule has 0 aliphatic heterocycles. The molecule has 25 heavy (non-hydrogen) atoms. The number of ether oxygens (including phenoxy) is 2. The molecular formula is C22H25ClO2. The molecule has 3 rings (SSSR count). The molecule has 2 aromatic carbocycles. The molecule has 1 saturated carbocycles. The van der Waals surface area contributed by atoms with Crippen LogP contribution in [0.15, 0.2) is 36.4 Å². The van der Waals surface area contributed by atoms with E-state index < -0.39 is 0 Å². The Balaban J connectivity index is 1.95. The van der Waals surface area contributed by atoms with Crippen molar-refractivity contribution >= 4 is 23.8 Å². The summed E-state index contributed by atoms with van der Waals surface area (Å²) in [6, 6.07) is 12.0. The summed E-state index contributed by atoms with van der Waals surface area (Å²) in [5, 5.41) is 0.747. The van der Waals surface area contributed by atoms with E-state index >= 15 is 0 Å². The van der Waals surface area contributed by atoms with Gasteiger partial charge in [-0.25, -0.2) is 0 Å². The number of benzene rings is 2. The molecule has 1 fully saturated rings. The van der Waals surface area contributed by atoms with E-state index in [-0.39, 0.29) is 0 Å². The lowest BCUT2D eigenvalue weighted by Gasteiger charge is -2.26. The van der Waals surface area contributed by atoms with Crippen molar-refractivity contribution < 1.29 is 9.47 Å². The van der Waals surface area contributed by atoms with Crippen LogP contribution in [-0.4, -0.2) is 14.2 Å². The van der Waals surface area contributed by atoms with Crippen molar-refractivity contribution in [3.05, 3.63) is 58.1 Å². The third-order valence-electron chi connectivity index (χ3n) is 4.94. The predicted molar refractivity (Wildman–Crippen MR) is 106 cm³/mol. The van der Waals surface area contributed by atoms with Crippen LogP contribution in [0.2, 0.25) is 5.02 Å². The van der Waals surface area contributed by atoms with Crippen molar-refractivity contribution in [3.63, 3.8) is 0 Å². The van der Waals surface area contributed by atoms with E-state index in [4.69, 9.17) is 21.1 Å². The van der Waals surface area contributed by atoms with E-state index in [0.717, 1.165) is 27.6 Å². The first-order chi connectivity index (χ1) is 12.2. The highest BCUT2D eigenvalue weighted by atomic mass is 35.5. The third kappa shape index (κ3) is 4.19. The summed E-state index contributed by atoms with van der Waals surface area (Å²) in [5.41, 5.74) is 3.27. The Morgan fingerprint density at radius 1 is 0.920 bits per heavy atom. The van der Waals surface area contributed by atoms with E-state index in [2.05, 4.69) is 18.2 Å². The van der Waals surface area contributed by atoms with Gasteiger partial charge in [0, 0.05) is 10.6 Å². The molecule has 0 amide bonds. The molecular weight excluding hydrogens is 332 g/mol. The molecule has 0 radical (unpaired) electrons. The molecule has 1 aliphatic carbocycles. The van der Waals surface area contributed by atoms with Gasteiger partial charge in [-0.3, -0.25) is 0 Å². The predicted octanol–water partition coefficient (Wildman–Crippen LogP) is 6.58. The van der Waals surface area contributed by atoms with Crippen molar-refractivity contribution in [3.8, 4) is 11.5 Å². The van der Waals surface area contributed by atoms with Crippen LogP contribution in [0.4, 0.5) is 0 Å². The van der Waals surface area contributed by atoms with Gasteiger partial charge in [0.1, 0.15) is 11.5 Å². The van der Waals surface area contributed by atoms with Crippen molar-refractivity contribution in [2.45, 2.75) is 38.0 Å². The molecule has 1 aliphatic rings. The van der Waals surface area contributed by atoms with Gasteiger partial charge in [0.2, 0.25) is 0 Å². The van der Waals surface area contributed by atoms with Crippen molar-refractivity contribution in [1.29, 1.82) is 0 Å². The van der Waals surface area contributed by atoms with E-state index in [1.165, 1.54) is 37.7 Å². The Bertz CT molecular complexity index is 720. The SMILES string of the molecule is COc1cc(/C=C/c2ccccc2Cl)cc(OC)c1C1CCCCC1. The quantitative estimate of drug-likeness (QED) is 0.563. The molecule has 2 aromatic rings. The average molecular weight is 357 g/mol. The van der Waals surface area contributed by atoms with Gasteiger partial charge in [0.25, 0.3) is 0 Å². The lowest BCUT2D eigenvalue weighted by molar-refractivity contribution is 0.359. The first-order valence-corrected chi connectivity index (χ1v) is 9.29. The Hall–Kier alpha value is -1.93. The highest BCUT2D eigenvalue weighted by molar-refractivity contribution is 6.32. The summed E-state index contributed by atoms with van der Waals surface area (Å²) in [5.74, 6) is 2.37. The summed E-state index contributed by atoms with van der Waals surface area (Å²) in [6.07, 6.45) is 10.4. The summed E-state index contributed by atoms with van der Waals surface area (Å²) in [7, 11) is 3.48. The zero-order valence-corrected chi connectivity index (χ0v) is 15.7. The second-order valence-electron chi connectivity index (χ2n) is 6.53. The Morgan fingerprint density at radius 3 is 2.16 bits per heavy atom. The van der Waals surface area contributed by atoms with Crippen LogP contribution in [0.1, 0.15) is 54.7 Å². The molecule has 0 unspecified atom stereocenters. The Labute approximate surface area is 155 Å². The van der Waals surface area contributed by atoms with Gasteiger partial charge in [-0.1, -0.05) is 61.2 Å². The van der Waals surface area contributed by atoms with E-state index in [1.807, 2.05) is 30.3 Å². The first kappa shape index (κ1) is 17.9. The van der Waals surface area contributed by atoms with Gasteiger partial charge in [0.15, 0.2) is 0 Å². The van der Waals surface area contributed by atoms with Gasteiger partial charge in [-0.05, 0) is 48.1 Å². The molecule has 0 aromatic heterocycles. The third-order valence-corrected chi connectivity index (χ3v) is 5.28. The molecule has 0 spiro atoms. The van der Waals surface area contributed by atoms with E-state index in [0.29, 0.717) is 5.92 Å². The number of hydrogen-bond donors (Lipinski definition) is 0. The highest BCUT2D eigenvalue weighted by Gasteiger charge is 2.23. The van der Waals surface area contributed by atoms with Crippen LogP contribution in [0.3, 0.4) is 0 Å². The van der Waals surface area contributed by atoms with Crippen LogP contribution >= 0.6 is 11.6 Å². The monoisotopic (exact) mass is 356 g/mol. The summed E-state index contributed by atoms with van der Waals surface area (Å²) in [4.78, 5) is 0. The lowest BCUT2D eigenvalue weighted by atomic mass is 9.82. The summed E-state index contributed by atoms with van der Waals surface area (Å²) < 4.78 is 11.4. The summed E-state index contributed by atoms with van der Waals surface area (Å²) in [6.45, 7) is 0. The molecule has 132 valence electrons. The van der Waals surface area contributed by atoms with Gasteiger partial charge in [-0.15, -0.1) is 0 Å². The van der Waals surface area contributed by atoms with Gasteiger partial charge in [-0.2, -0.15) is 0 Å². The van der Waals surface area contributed by atoms with Gasteiger partial charge >= 0.3 is 0 Å². The molecule has 0 bridgehead atoms. The smallest absolute Gasteiger partial charge is 0.126 e. The fraction of sp³-hybridized carbons (Fsp3) is 0.364. The molecule has 2 nitrogen and oxygen atoms in total.